The van der Waals surface area contributed by atoms with Crippen LogP contribution in [0.4, 0.5) is 5.95 Å². The fourth-order valence-electron chi connectivity index (χ4n) is 4.21. The van der Waals surface area contributed by atoms with Crippen LogP contribution in [-0.2, 0) is 0 Å². The first-order chi connectivity index (χ1) is 16.1. The molecule has 2 aromatic heterocycles. The average Bonchev–Trinajstić information content (AvgIpc) is 3.51. The molecule has 0 radical (unpaired) electrons. The van der Waals surface area contributed by atoms with Crippen molar-refractivity contribution >= 4 is 44.9 Å². The molecule has 2 aliphatic rings. The van der Waals surface area contributed by atoms with Crippen LogP contribution in [0.5, 0.6) is 0 Å². The van der Waals surface area contributed by atoms with E-state index in [2.05, 4.69) is 32.8 Å². The van der Waals surface area contributed by atoms with Crippen LogP contribution in [-0.4, -0.2) is 65.6 Å². The second-order valence-corrected chi connectivity index (χ2v) is 10.4. The predicted octanol–water partition coefficient (Wildman–Crippen LogP) is 4.00. The zero-order valence-corrected chi connectivity index (χ0v) is 20.3. The number of thiophene rings is 1. The quantitative estimate of drug-likeness (QED) is 0.419. The Bertz CT molecular complexity index is 1150. The van der Waals surface area contributed by atoms with Crippen LogP contribution in [0.3, 0.4) is 0 Å². The van der Waals surface area contributed by atoms with Gasteiger partial charge in [0.1, 0.15) is 5.69 Å². The zero-order chi connectivity index (χ0) is 22.8. The molecule has 1 aliphatic heterocycles. The van der Waals surface area contributed by atoms with Gasteiger partial charge in [0.25, 0.3) is 5.91 Å². The third-order valence-corrected chi connectivity index (χ3v) is 7.47. The Morgan fingerprint density at radius 1 is 1.36 bits per heavy atom. The highest BCUT2D eigenvalue weighted by molar-refractivity contribution is 7.22. The smallest absolute Gasteiger partial charge is 0.252 e. The number of halogens is 1. The van der Waals surface area contributed by atoms with Gasteiger partial charge in [0, 0.05) is 53.9 Å². The van der Waals surface area contributed by atoms with Crippen LogP contribution in [0.1, 0.15) is 36.5 Å². The molecule has 0 bridgehead atoms. The Morgan fingerprint density at radius 3 is 3.06 bits per heavy atom. The lowest BCUT2D eigenvalue weighted by Crippen LogP contribution is -2.49. The maximum absolute atomic E-state index is 12.7. The van der Waals surface area contributed by atoms with Crippen molar-refractivity contribution in [2.45, 2.75) is 38.3 Å². The Kier molecular flexibility index (Phi) is 6.78. The third-order valence-electron chi connectivity index (χ3n) is 6.08. The minimum absolute atomic E-state index is 0.0116. The van der Waals surface area contributed by atoms with Crippen molar-refractivity contribution in [3.8, 4) is 10.6 Å². The van der Waals surface area contributed by atoms with Crippen LogP contribution in [0.25, 0.3) is 20.7 Å². The van der Waals surface area contributed by atoms with Crippen molar-refractivity contribution in [3.05, 3.63) is 41.0 Å². The van der Waals surface area contributed by atoms with E-state index >= 15 is 0 Å². The summed E-state index contributed by atoms with van der Waals surface area (Å²) in [5.74, 6) is 0.565. The van der Waals surface area contributed by atoms with Gasteiger partial charge in [-0.25, -0.2) is 9.97 Å². The second-order valence-electron chi connectivity index (χ2n) is 8.90. The number of aromatic nitrogens is 2. The van der Waals surface area contributed by atoms with E-state index < -0.39 is 0 Å². The Hall–Kier alpha value is -2.26. The molecule has 1 saturated carbocycles. The van der Waals surface area contributed by atoms with Crippen molar-refractivity contribution in [2.24, 2.45) is 0 Å². The van der Waals surface area contributed by atoms with Crippen molar-refractivity contribution < 1.29 is 4.79 Å². The van der Waals surface area contributed by atoms with Gasteiger partial charge in [0.05, 0.1) is 16.1 Å². The first-order valence-corrected chi connectivity index (χ1v) is 12.8. The zero-order valence-electron chi connectivity index (χ0n) is 18.7. The number of carbonyl (C=O) groups is 1. The van der Waals surface area contributed by atoms with Crippen LogP contribution in [0, 0.1) is 0 Å². The molecule has 2 fully saturated rings. The number of carbonyl (C=O) groups excluding carboxylic acids is 1. The molecule has 1 atom stereocenters. The Labute approximate surface area is 202 Å². The molecule has 3 aromatic rings. The number of fused-ring (bicyclic) bond motifs is 1. The number of nitrogens with one attached hydrogen (secondary N) is 3. The van der Waals surface area contributed by atoms with Crippen LogP contribution < -0.4 is 16.0 Å². The lowest BCUT2D eigenvalue weighted by Gasteiger charge is -2.31. The number of amides is 1. The van der Waals surface area contributed by atoms with Gasteiger partial charge in [-0.2, -0.15) is 0 Å². The van der Waals surface area contributed by atoms with Gasteiger partial charge >= 0.3 is 0 Å². The number of anilines is 1. The van der Waals surface area contributed by atoms with E-state index in [0.29, 0.717) is 34.3 Å². The summed E-state index contributed by atoms with van der Waals surface area (Å²) >= 11 is 8.07. The number of benzene rings is 1. The molecule has 1 aliphatic carbocycles. The molecule has 3 heterocycles. The van der Waals surface area contributed by atoms with Crippen LogP contribution >= 0.6 is 22.9 Å². The molecule has 1 saturated heterocycles. The monoisotopic (exact) mass is 484 g/mol. The van der Waals surface area contributed by atoms with Gasteiger partial charge in [-0.1, -0.05) is 17.7 Å². The van der Waals surface area contributed by atoms with Gasteiger partial charge in [-0.3, -0.25) is 4.79 Å². The SMILES string of the molecule is C[C@H]1CN(CCCNc2ncc(Cl)c(-c3cc4c(C(=O)NC5CC5)cccc4s3)n2)CCN1. The Morgan fingerprint density at radius 2 is 2.24 bits per heavy atom. The van der Waals surface area contributed by atoms with Crippen LogP contribution in [0.15, 0.2) is 30.5 Å². The third kappa shape index (κ3) is 5.46. The fraction of sp³-hybridized carbons (Fsp3) is 0.458. The number of hydrogen-bond donors (Lipinski definition) is 3. The Balaban J connectivity index is 1.28. The molecule has 1 amide bonds. The highest BCUT2D eigenvalue weighted by Crippen LogP contribution is 2.37. The average molecular weight is 485 g/mol. The first kappa shape index (κ1) is 22.5. The summed E-state index contributed by atoms with van der Waals surface area (Å²) in [5, 5.41) is 11.3. The summed E-state index contributed by atoms with van der Waals surface area (Å²) in [4.78, 5) is 25.2. The molecule has 0 spiro atoms. The summed E-state index contributed by atoms with van der Waals surface area (Å²) in [6, 6.07) is 8.73. The van der Waals surface area contributed by atoms with Gasteiger partial charge in [-0.05, 0) is 50.9 Å². The minimum atomic E-state index is -0.0116. The maximum atomic E-state index is 12.7. The standard InChI is InChI=1S/C24H29ClN6OS/c1-15-14-31(11-9-26-15)10-3-8-27-24-28-13-19(25)22(30-24)21-12-18-17(4-2-5-20(18)33-21)23(32)29-16-6-7-16/h2,4-5,12-13,15-16,26H,3,6-11,14H2,1H3,(H,29,32)(H,27,28,30)/t15-/m0/s1. The van der Waals surface area contributed by atoms with E-state index in [-0.39, 0.29) is 5.91 Å². The molecule has 1 aromatic carbocycles. The van der Waals surface area contributed by atoms with Gasteiger partial charge < -0.3 is 20.9 Å². The largest absolute Gasteiger partial charge is 0.354 e. The second kappa shape index (κ2) is 9.93. The molecule has 174 valence electrons. The number of hydrogen-bond acceptors (Lipinski definition) is 7. The van der Waals surface area contributed by atoms with E-state index in [1.807, 2.05) is 24.3 Å². The molecule has 5 rings (SSSR count). The normalized spacial score (nSPS) is 19.0. The lowest BCUT2D eigenvalue weighted by molar-refractivity contribution is 0.0953. The van der Waals surface area contributed by atoms with Gasteiger partial charge in [0.15, 0.2) is 0 Å². The van der Waals surface area contributed by atoms with Crippen molar-refractivity contribution in [2.75, 3.05) is 38.0 Å². The highest BCUT2D eigenvalue weighted by atomic mass is 35.5. The van der Waals surface area contributed by atoms with Crippen LogP contribution in [0.2, 0.25) is 5.02 Å². The van der Waals surface area contributed by atoms with E-state index in [1.165, 1.54) is 0 Å². The summed E-state index contributed by atoms with van der Waals surface area (Å²) in [7, 11) is 0. The number of piperazine rings is 1. The van der Waals surface area contributed by atoms with E-state index in [0.717, 1.165) is 66.9 Å². The van der Waals surface area contributed by atoms with Crippen molar-refractivity contribution in [3.63, 3.8) is 0 Å². The molecule has 0 unspecified atom stereocenters. The first-order valence-electron chi connectivity index (χ1n) is 11.6. The molecular weight excluding hydrogens is 456 g/mol. The van der Waals surface area contributed by atoms with Gasteiger partial charge in [0.2, 0.25) is 5.95 Å². The van der Waals surface area contributed by atoms with Crippen molar-refractivity contribution in [1.29, 1.82) is 0 Å². The van der Waals surface area contributed by atoms with Crippen molar-refractivity contribution in [1.82, 2.24) is 25.5 Å². The van der Waals surface area contributed by atoms with E-state index in [9.17, 15) is 4.79 Å². The molecular formula is C24H29ClN6OS. The van der Waals surface area contributed by atoms with E-state index in [4.69, 9.17) is 16.6 Å². The van der Waals surface area contributed by atoms with Gasteiger partial charge in [-0.15, -0.1) is 11.3 Å². The molecule has 3 N–H and O–H groups in total. The lowest BCUT2D eigenvalue weighted by atomic mass is 10.1. The fourth-order valence-corrected chi connectivity index (χ4v) is 5.55. The molecule has 9 heteroatoms. The van der Waals surface area contributed by atoms with E-state index in [1.54, 1.807) is 17.5 Å². The summed E-state index contributed by atoms with van der Waals surface area (Å²) in [6.45, 7) is 7.33. The minimum Gasteiger partial charge on any atom is -0.354 e. The number of nitrogens with zero attached hydrogens (tertiary/aromatic N) is 3. The maximum Gasteiger partial charge on any atom is 0.252 e. The summed E-state index contributed by atoms with van der Waals surface area (Å²) in [5.41, 5.74) is 1.40. The topological polar surface area (TPSA) is 82.2 Å². The molecule has 7 nitrogen and oxygen atoms in total. The molecule has 33 heavy (non-hydrogen) atoms. The highest BCUT2D eigenvalue weighted by Gasteiger charge is 2.25. The summed E-state index contributed by atoms with van der Waals surface area (Å²) in [6.07, 6.45) is 4.81. The predicted molar refractivity (Wildman–Crippen MR) is 135 cm³/mol. The number of rotatable bonds is 8. The summed E-state index contributed by atoms with van der Waals surface area (Å²) < 4.78 is 1.04.